The van der Waals surface area contributed by atoms with Gasteiger partial charge in [0.1, 0.15) is 0 Å². The molecule has 4 aliphatic rings. The summed E-state index contributed by atoms with van der Waals surface area (Å²) in [6, 6.07) is 2.38. The number of fused-ring (bicyclic) bond motifs is 5. The third kappa shape index (κ3) is 2.02. The molecule has 0 amide bonds. The number of hydrogen-bond acceptors (Lipinski definition) is 3. The topological polar surface area (TPSA) is 64.2 Å². The highest BCUT2D eigenvalue weighted by Crippen LogP contribution is 2.69. The molecule has 3 heteroatoms. The molecule has 8 atom stereocenters. The lowest BCUT2D eigenvalue weighted by Crippen LogP contribution is -2.62. The Morgan fingerprint density at radius 2 is 1.79 bits per heavy atom. The molecule has 0 spiro atoms. The molecule has 4 aliphatic carbocycles. The molecule has 0 aromatic rings. The third-order valence-electron chi connectivity index (χ3n) is 9.35. The average Bonchev–Trinajstić information content (AvgIpc) is 2.81. The first-order valence-electron chi connectivity index (χ1n) is 10.1. The lowest BCUT2D eigenvalue weighted by molar-refractivity contribution is -0.209. The van der Waals surface area contributed by atoms with Gasteiger partial charge in [-0.1, -0.05) is 13.8 Å². The van der Waals surface area contributed by atoms with Crippen molar-refractivity contribution >= 4 is 0 Å². The van der Waals surface area contributed by atoms with Crippen molar-refractivity contribution in [2.24, 2.45) is 34.5 Å². The first-order valence-corrected chi connectivity index (χ1v) is 10.1. The largest absolute Gasteiger partial charge is 0.393 e. The Balaban J connectivity index is 1.65. The van der Waals surface area contributed by atoms with Crippen LogP contribution in [-0.2, 0) is 0 Å². The van der Waals surface area contributed by atoms with Gasteiger partial charge >= 0.3 is 0 Å². The molecule has 0 aliphatic heterocycles. The van der Waals surface area contributed by atoms with Crippen molar-refractivity contribution in [3.63, 3.8) is 0 Å². The summed E-state index contributed by atoms with van der Waals surface area (Å²) in [5, 5.41) is 31.2. The monoisotopic (exact) mass is 331 g/mol. The van der Waals surface area contributed by atoms with Crippen molar-refractivity contribution in [1.29, 1.82) is 5.26 Å². The van der Waals surface area contributed by atoms with Gasteiger partial charge in [0, 0.05) is 11.8 Å². The van der Waals surface area contributed by atoms with E-state index in [0.29, 0.717) is 35.5 Å². The minimum atomic E-state index is -0.568. The Morgan fingerprint density at radius 1 is 1.00 bits per heavy atom. The summed E-state index contributed by atoms with van der Waals surface area (Å²) in [6.45, 7) is 4.73. The quantitative estimate of drug-likeness (QED) is 0.762. The van der Waals surface area contributed by atoms with Crippen LogP contribution in [0.15, 0.2) is 0 Å². The van der Waals surface area contributed by atoms with E-state index >= 15 is 0 Å². The van der Waals surface area contributed by atoms with Crippen LogP contribution in [0.1, 0.15) is 78.1 Å². The van der Waals surface area contributed by atoms with E-state index in [1.54, 1.807) is 0 Å². The molecule has 4 saturated carbocycles. The molecule has 0 radical (unpaired) electrons. The van der Waals surface area contributed by atoms with Crippen LogP contribution in [-0.4, -0.2) is 21.9 Å². The van der Waals surface area contributed by atoms with E-state index in [1.807, 2.05) is 0 Å². The summed E-state index contributed by atoms with van der Waals surface area (Å²) in [5.74, 6) is 2.00. The Kier molecular flexibility index (Phi) is 3.83. The van der Waals surface area contributed by atoms with E-state index in [0.717, 1.165) is 51.4 Å². The fraction of sp³-hybridized carbons (Fsp3) is 0.952. The summed E-state index contributed by atoms with van der Waals surface area (Å²) in [7, 11) is 0. The van der Waals surface area contributed by atoms with Crippen LogP contribution in [0, 0.1) is 45.8 Å². The van der Waals surface area contributed by atoms with Gasteiger partial charge in [-0.15, -0.1) is 0 Å². The summed E-state index contributed by atoms with van der Waals surface area (Å²) < 4.78 is 0. The fourth-order valence-electron chi connectivity index (χ4n) is 7.75. The van der Waals surface area contributed by atoms with Gasteiger partial charge in [0.25, 0.3) is 0 Å². The van der Waals surface area contributed by atoms with Crippen molar-refractivity contribution in [3.8, 4) is 6.07 Å². The van der Waals surface area contributed by atoms with Crippen LogP contribution in [0.2, 0.25) is 0 Å². The van der Waals surface area contributed by atoms with Crippen LogP contribution in [0.5, 0.6) is 0 Å². The SMILES string of the molecule is C[C@]12CC[C@H](O)C[C@H]1CC[C@@H]1[C@@H]2CC[C@]2(C)[C@H](CC#N)CC[C@]12O. The van der Waals surface area contributed by atoms with E-state index in [1.165, 1.54) is 6.42 Å². The van der Waals surface area contributed by atoms with Gasteiger partial charge in [-0.25, -0.2) is 0 Å². The van der Waals surface area contributed by atoms with Gasteiger partial charge < -0.3 is 10.2 Å². The van der Waals surface area contributed by atoms with E-state index in [9.17, 15) is 15.5 Å². The lowest BCUT2D eigenvalue weighted by atomic mass is 9.43. The van der Waals surface area contributed by atoms with Crippen LogP contribution in [0.4, 0.5) is 0 Å². The number of nitriles is 1. The van der Waals surface area contributed by atoms with E-state index < -0.39 is 5.60 Å². The highest BCUT2D eigenvalue weighted by molar-refractivity contribution is 5.17. The summed E-state index contributed by atoms with van der Waals surface area (Å²) in [4.78, 5) is 0. The number of aliphatic hydroxyl groups excluding tert-OH is 1. The highest BCUT2D eigenvalue weighted by Gasteiger charge is 2.66. The Labute approximate surface area is 146 Å². The zero-order valence-corrected chi connectivity index (χ0v) is 15.3. The second-order valence-electron chi connectivity index (χ2n) is 9.90. The van der Waals surface area contributed by atoms with Crippen LogP contribution >= 0.6 is 0 Å². The van der Waals surface area contributed by atoms with Crippen molar-refractivity contribution in [1.82, 2.24) is 0 Å². The molecular weight excluding hydrogens is 298 g/mol. The van der Waals surface area contributed by atoms with Crippen molar-refractivity contribution < 1.29 is 10.2 Å². The first-order chi connectivity index (χ1) is 11.3. The van der Waals surface area contributed by atoms with Crippen molar-refractivity contribution in [2.45, 2.75) is 89.8 Å². The molecule has 24 heavy (non-hydrogen) atoms. The van der Waals surface area contributed by atoms with E-state index in [2.05, 4.69) is 19.9 Å². The van der Waals surface area contributed by atoms with Gasteiger partial charge in [0.05, 0.1) is 17.8 Å². The molecule has 3 nitrogen and oxygen atoms in total. The van der Waals surface area contributed by atoms with Gasteiger partial charge in [-0.3, -0.25) is 0 Å². The van der Waals surface area contributed by atoms with E-state index in [4.69, 9.17) is 0 Å². The average molecular weight is 332 g/mol. The molecule has 0 aromatic heterocycles. The minimum Gasteiger partial charge on any atom is -0.393 e. The fourth-order valence-corrected chi connectivity index (χ4v) is 7.75. The smallest absolute Gasteiger partial charge is 0.0735 e. The molecule has 0 bridgehead atoms. The van der Waals surface area contributed by atoms with Gasteiger partial charge in [-0.2, -0.15) is 5.26 Å². The van der Waals surface area contributed by atoms with Gasteiger partial charge in [-0.05, 0) is 86.9 Å². The number of rotatable bonds is 1. The summed E-state index contributed by atoms with van der Waals surface area (Å²) >= 11 is 0. The molecule has 0 saturated heterocycles. The maximum atomic E-state index is 11.9. The molecule has 0 aromatic carbocycles. The Bertz CT molecular complexity index is 557. The first kappa shape index (κ1) is 16.9. The molecule has 4 rings (SSSR count). The second kappa shape index (κ2) is 5.45. The molecule has 134 valence electrons. The second-order valence-corrected chi connectivity index (χ2v) is 9.90. The molecule has 0 unspecified atom stereocenters. The Hall–Kier alpha value is -0.590. The normalized spacial score (nSPS) is 56.7. The van der Waals surface area contributed by atoms with Crippen LogP contribution < -0.4 is 0 Å². The predicted molar refractivity (Wildman–Crippen MR) is 92.9 cm³/mol. The number of aliphatic hydroxyl groups is 2. The van der Waals surface area contributed by atoms with Crippen molar-refractivity contribution in [3.05, 3.63) is 0 Å². The van der Waals surface area contributed by atoms with Gasteiger partial charge in [0.15, 0.2) is 0 Å². The van der Waals surface area contributed by atoms with Gasteiger partial charge in [0.2, 0.25) is 0 Å². The maximum absolute atomic E-state index is 11.9. The van der Waals surface area contributed by atoms with Crippen molar-refractivity contribution in [2.75, 3.05) is 0 Å². The third-order valence-corrected chi connectivity index (χ3v) is 9.35. The maximum Gasteiger partial charge on any atom is 0.0735 e. The molecule has 4 fully saturated rings. The molecular formula is C21H33NO2. The van der Waals surface area contributed by atoms with E-state index in [-0.39, 0.29) is 11.5 Å². The minimum absolute atomic E-state index is 0.0682. The number of nitrogens with zero attached hydrogens (tertiary/aromatic N) is 1. The van der Waals surface area contributed by atoms with Crippen LogP contribution in [0.25, 0.3) is 0 Å². The summed E-state index contributed by atoms with van der Waals surface area (Å²) in [5.41, 5.74) is -0.338. The predicted octanol–water partition coefficient (Wildman–Crippen LogP) is 4.03. The molecule has 2 N–H and O–H groups in total. The zero-order chi connectivity index (χ0) is 17.2. The highest BCUT2D eigenvalue weighted by atomic mass is 16.3. The summed E-state index contributed by atoms with van der Waals surface area (Å²) in [6.07, 6.45) is 9.97. The Morgan fingerprint density at radius 3 is 2.54 bits per heavy atom. The van der Waals surface area contributed by atoms with Crippen LogP contribution in [0.3, 0.4) is 0 Å². The standard InChI is InChI=1S/C21H33NO2/c1-19-9-6-16(23)13-15(19)3-4-18-17(19)7-10-20(2)14(8-12-22)5-11-21(18,20)24/h14-18,23-24H,3-11,13H2,1-2H3/t14-,15+,16-,17-,18+,19-,20+,21-/m0/s1. The lowest BCUT2D eigenvalue weighted by Gasteiger charge is -2.63. The molecule has 0 heterocycles. The number of hydrogen-bond donors (Lipinski definition) is 2. The zero-order valence-electron chi connectivity index (χ0n) is 15.3.